The molecule has 1 aromatic heterocycles. The van der Waals surface area contributed by atoms with Crippen molar-refractivity contribution in [2.45, 2.75) is 13.0 Å². The summed E-state index contributed by atoms with van der Waals surface area (Å²) in [6, 6.07) is 3.11. The molecular formula is C13H19N5O2. The van der Waals surface area contributed by atoms with E-state index in [1.807, 2.05) is 11.8 Å². The Morgan fingerprint density at radius 2 is 2.40 bits per heavy atom. The Balaban J connectivity index is 2.25. The Morgan fingerprint density at radius 3 is 3.10 bits per heavy atom. The molecule has 108 valence electrons. The normalized spacial score (nSPS) is 18.6. The van der Waals surface area contributed by atoms with Gasteiger partial charge in [0.05, 0.1) is 0 Å². The molecule has 2 rings (SSSR count). The van der Waals surface area contributed by atoms with E-state index in [0.29, 0.717) is 19.6 Å². The molecule has 4 N–H and O–H groups in total. The lowest BCUT2D eigenvalue weighted by Crippen LogP contribution is -2.58. The molecule has 0 aromatic carbocycles. The van der Waals surface area contributed by atoms with E-state index in [-0.39, 0.29) is 17.6 Å². The summed E-state index contributed by atoms with van der Waals surface area (Å²) in [5, 5.41) is 6.03. The van der Waals surface area contributed by atoms with E-state index in [0.717, 1.165) is 12.2 Å². The molecule has 0 bridgehead atoms. The van der Waals surface area contributed by atoms with E-state index in [4.69, 9.17) is 5.73 Å². The predicted octanol–water partition coefficient (Wildman–Crippen LogP) is -0.905. The van der Waals surface area contributed by atoms with Crippen LogP contribution in [0.15, 0.2) is 18.3 Å². The first-order valence-corrected chi connectivity index (χ1v) is 6.64. The Bertz CT molecular complexity index is 505. The van der Waals surface area contributed by atoms with E-state index in [2.05, 4.69) is 15.6 Å². The molecule has 1 aliphatic rings. The third-order valence-corrected chi connectivity index (χ3v) is 3.22. The van der Waals surface area contributed by atoms with Gasteiger partial charge in [-0.3, -0.25) is 14.6 Å². The zero-order chi connectivity index (χ0) is 14.5. The zero-order valence-corrected chi connectivity index (χ0v) is 11.4. The summed E-state index contributed by atoms with van der Waals surface area (Å²) in [4.78, 5) is 29.2. The van der Waals surface area contributed by atoms with Gasteiger partial charge < -0.3 is 21.3 Å². The van der Waals surface area contributed by atoms with Gasteiger partial charge >= 0.3 is 0 Å². The Kier molecular flexibility index (Phi) is 4.52. The molecule has 1 aromatic rings. The topological polar surface area (TPSA) is 100 Å². The van der Waals surface area contributed by atoms with Gasteiger partial charge in [0, 0.05) is 38.1 Å². The number of nitrogens with two attached hydrogens (primary N) is 1. The molecule has 2 heterocycles. The Hall–Kier alpha value is -2.15. The third-order valence-electron chi connectivity index (χ3n) is 3.22. The van der Waals surface area contributed by atoms with Crippen LogP contribution in [0.3, 0.4) is 0 Å². The third kappa shape index (κ3) is 3.05. The number of likely N-dealkylation sites (N-methyl/N-ethyl adjacent to an activating group) is 1. The minimum absolute atomic E-state index is 0.0304. The van der Waals surface area contributed by atoms with Crippen LogP contribution < -0.4 is 21.3 Å². The van der Waals surface area contributed by atoms with Crippen molar-refractivity contribution in [3.63, 3.8) is 0 Å². The van der Waals surface area contributed by atoms with E-state index in [1.54, 1.807) is 12.1 Å². The van der Waals surface area contributed by atoms with Crippen LogP contribution in [0.25, 0.3) is 0 Å². The van der Waals surface area contributed by atoms with Crippen LogP contribution in [0, 0.1) is 0 Å². The average Bonchev–Trinajstić information content (AvgIpc) is 2.47. The van der Waals surface area contributed by atoms with E-state index < -0.39 is 5.91 Å². The predicted molar refractivity (Wildman–Crippen MR) is 75.4 cm³/mol. The number of anilines is 1. The molecule has 0 radical (unpaired) electrons. The van der Waals surface area contributed by atoms with E-state index in [1.165, 1.54) is 6.20 Å². The summed E-state index contributed by atoms with van der Waals surface area (Å²) in [7, 11) is 0. The number of rotatable bonds is 4. The van der Waals surface area contributed by atoms with Crippen molar-refractivity contribution in [3.8, 4) is 0 Å². The summed E-state index contributed by atoms with van der Waals surface area (Å²) in [5.41, 5.74) is 6.23. The number of nitrogens with zero attached hydrogens (tertiary/aromatic N) is 2. The lowest BCUT2D eigenvalue weighted by molar-refractivity contribution is -0.122. The second-order valence-corrected chi connectivity index (χ2v) is 4.57. The summed E-state index contributed by atoms with van der Waals surface area (Å²) < 4.78 is 0. The van der Waals surface area contributed by atoms with Gasteiger partial charge in [0.1, 0.15) is 11.7 Å². The van der Waals surface area contributed by atoms with Crippen LogP contribution in [-0.4, -0.2) is 49.0 Å². The largest absolute Gasteiger partial charge is 0.364 e. The molecular weight excluding hydrogens is 258 g/mol. The fraction of sp³-hybridized carbons (Fsp3) is 0.462. The van der Waals surface area contributed by atoms with Crippen molar-refractivity contribution in [3.05, 3.63) is 24.0 Å². The molecule has 0 saturated carbocycles. The van der Waals surface area contributed by atoms with Gasteiger partial charge in [0.2, 0.25) is 5.91 Å². The number of piperazine rings is 1. The van der Waals surface area contributed by atoms with E-state index in [9.17, 15) is 9.59 Å². The standard InChI is InChI=1S/C13H19N5O2/c1-2-16-13(20)11-8-15-5-6-18(11)9-3-4-17-10(7-9)12(14)19/h3-4,7,11,15H,2,5-6,8H2,1H3,(H2,14,19)(H,16,20). The maximum absolute atomic E-state index is 12.1. The number of aromatic nitrogens is 1. The van der Waals surface area contributed by atoms with Gasteiger partial charge in [-0.1, -0.05) is 0 Å². The molecule has 20 heavy (non-hydrogen) atoms. The monoisotopic (exact) mass is 277 g/mol. The van der Waals surface area contributed by atoms with Gasteiger partial charge in [0.15, 0.2) is 0 Å². The van der Waals surface area contributed by atoms with Crippen LogP contribution in [0.4, 0.5) is 5.69 Å². The van der Waals surface area contributed by atoms with Crippen molar-refractivity contribution in [1.29, 1.82) is 0 Å². The molecule has 7 heteroatoms. The molecule has 7 nitrogen and oxygen atoms in total. The molecule has 1 aliphatic heterocycles. The molecule has 1 fully saturated rings. The first-order chi connectivity index (χ1) is 9.63. The minimum Gasteiger partial charge on any atom is -0.364 e. The van der Waals surface area contributed by atoms with Gasteiger partial charge in [-0.2, -0.15) is 0 Å². The number of hydrogen-bond donors (Lipinski definition) is 3. The van der Waals surface area contributed by atoms with Gasteiger partial charge in [-0.25, -0.2) is 0 Å². The summed E-state index contributed by atoms with van der Waals surface area (Å²) in [6.07, 6.45) is 1.53. The highest BCUT2D eigenvalue weighted by Gasteiger charge is 2.28. The van der Waals surface area contributed by atoms with Crippen LogP contribution in [-0.2, 0) is 4.79 Å². The number of primary amides is 1. The Labute approximate surface area is 117 Å². The highest BCUT2D eigenvalue weighted by atomic mass is 16.2. The maximum atomic E-state index is 12.1. The fourth-order valence-corrected chi connectivity index (χ4v) is 2.27. The number of amides is 2. The molecule has 0 spiro atoms. The van der Waals surface area contributed by atoms with Crippen LogP contribution in [0.1, 0.15) is 17.4 Å². The first kappa shape index (κ1) is 14.3. The lowest BCUT2D eigenvalue weighted by atomic mass is 10.1. The fourth-order valence-electron chi connectivity index (χ4n) is 2.27. The van der Waals surface area contributed by atoms with Crippen LogP contribution in [0.5, 0.6) is 0 Å². The summed E-state index contributed by atoms with van der Waals surface area (Å²) in [6.45, 7) is 4.51. The molecule has 1 atom stereocenters. The summed E-state index contributed by atoms with van der Waals surface area (Å²) in [5.74, 6) is -0.603. The molecule has 1 unspecified atom stereocenters. The molecule has 2 amide bonds. The number of hydrogen-bond acceptors (Lipinski definition) is 5. The minimum atomic E-state index is -0.573. The number of carbonyl (C=O) groups excluding carboxylic acids is 2. The molecule has 1 saturated heterocycles. The first-order valence-electron chi connectivity index (χ1n) is 6.64. The van der Waals surface area contributed by atoms with Gasteiger partial charge in [-0.05, 0) is 19.1 Å². The van der Waals surface area contributed by atoms with Crippen molar-refractivity contribution in [1.82, 2.24) is 15.6 Å². The lowest BCUT2D eigenvalue weighted by Gasteiger charge is -2.36. The highest BCUT2D eigenvalue weighted by Crippen LogP contribution is 2.18. The van der Waals surface area contributed by atoms with Crippen molar-refractivity contribution in [2.24, 2.45) is 5.73 Å². The zero-order valence-electron chi connectivity index (χ0n) is 11.4. The molecule has 0 aliphatic carbocycles. The Morgan fingerprint density at radius 1 is 1.60 bits per heavy atom. The number of pyridine rings is 1. The average molecular weight is 277 g/mol. The maximum Gasteiger partial charge on any atom is 0.267 e. The van der Waals surface area contributed by atoms with E-state index >= 15 is 0 Å². The van der Waals surface area contributed by atoms with Crippen molar-refractivity contribution in [2.75, 3.05) is 31.1 Å². The SMILES string of the molecule is CCNC(=O)C1CNCCN1c1ccnc(C(N)=O)c1. The van der Waals surface area contributed by atoms with Crippen LogP contribution >= 0.6 is 0 Å². The van der Waals surface area contributed by atoms with Crippen molar-refractivity contribution < 1.29 is 9.59 Å². The van der Waals surface area contributed by atoms with Crippen LogP contribution in [0.2, 0.25) is 0 Å². The highest BCUT2D eigenvalue weighted by molar-refractivity contribution is 5.92. The smallest absolute Gasteiger partial charge is 0.267 e. The quantitative estimate of drug-likeness (QED) is 0.662. The summed E-state index contributed by atoms with van der Waals surface area (Å²) >= 11 is 0. The van der Waals surface area contributed by atoms with Gasteiger partial charge in [0.25, 0.3) is 5.91 Å². The van der Waals surface area contributed by atoms with Gasteiger partial charge in [-0.15, -0.1) is 0 Å². The second-order valence-electron chi connectivity index (χ2n) is 4.57. The number of carbonyl (C=O) groups is 2. The second kappa shape index (κ2) is 6.33. The number of nitrogens with one attached hydrogen (secondary N) is 2. The van der Waals surface area contributed by atoms with Crippen molar-refractivity contribution >= 4 is 17.5 Å².